The van der Waals surface area contributed by atoms with Crippen molar-refractivity contribution in [2.24, 2.45) is 5.92 Å². The van der Waals surface area contributed by atoms with Crippen molar-refractivity contribution in [3.05, 3.63) is 35.4 Å². The minimum absolute atomic E-state index is 0.0163. The number of benzene rings is 1. The molecule has 0 saturated carbocycles. The van der Waals surface area contributed by atoms with Crippen molar-refractivity contribution in [2.75, 3.05) is 20.1 Å². The van der Waals surface area contributed by atoms with E-state index in [1.165, 1.54) is 24.3 Å². The van der Waals surface area contributed by atoms with Gasteiger partial charge in [-0.05, 0) is 33.0 Å². The number of aldehydes is 1. The van der Waals surface area contributed by atoms with Crippen molar-refractivity contribution in [3.8, 4) is 0 Å². The SMILES string of the molecule is CN1CCC(C(F)(F)c2ccc(C=O)cc2)CC1. The van der Waals surface area contributed by atoms with Gasteiger partial charge in [-0.3, -0.25) is 4.79 Å². The van der Waals surface area contributed by atoms with Gasteiger partial charge in [0.1, 0.15) is 6.29 Å². The van der Waals surface area contributed by atoms with Crippen LogP contribution in [0.3, 0.4) is 0 Å². The highest BCUT2D eigenvalue weighted by Crippen LogP contribution is 2.41. The number of hydrogen-bond acceptors (Lipinski definition) is 2. The van der Waals surface area contributed by atoms with Crippen LogP contribution in [0, 0.1) is 5.92 Å². The predicted molar refractivity (Wildman–Crippen MR) is 65.9 cm³/mol. The predicted octanol–water partition coefficient (Wildman–Crippen LogP) is 2.93. The van der Waals surface area contributed by atoms with Gasteiger partial charge in [0, 0.05) is 17.0 Å². The minimum Gasteiger partial charge on any atom is -0.306 e. The molecule has 0 amide bonds. The zero-order chi connectivity index (χ0) is 13.2. The van der Waals surface area contributed by atoms with Gasteiger partial charge in [-0.25, -0.2) is 8.78 Å². The number of piperidine rings is 1. The molecule has 1 aliphatic rings. The van der Waals surface area contributed by atoms with Crippen molar-refractivity contribution < 1.29 is 13.6 Å². The number of likely N-dealkylation sites (tertiary alicyclic amines) is 1. The first kappa shape index (κ1) is 13.1. The van der Waals surface area contributed by atoms with E-state index in [2.05, 4.69) is 4.90 Å². The van der Waals surface area contributed by atoms with Gasteiger partial charge in [-0.15, -0.1) is 0 Å². The molecule has 18 heavy (non-hydrogen) atoms. The molecule has 2 rings (SSSR count). The summed E-state index contributed by atoms with van der Waals surface area (Å²) in [7, 11) is 1.95. The summed E-state index contributed by atoms with van der Waals surface area (Å²) in [6.07, 6.45) is 1.69. The van der Waals surface area contributed by atoms with E-state index in [9.17, 15) is 13.6 Å². The highest BCUT2D eigenvalue weighted by atomic mass is 19.3. The second kappa shape index (κ2) is 5.14. The largest absolute Gasteiger partial charge is 0.306 e. The van der Waals surface area contributed by atoms with Gasteiger partial charge in [-0.1, -0.05) is 24.3 Å². The zero-order valence-electron chi connectivity index (χ0n) is 10.4. The summed E-state index contributed by atoms with van der Waals surface area (Å²) in [5, 5.41) is 0. The fourth-order valence-electron chi connectivity index (χ4n) is 2.39. The topological polar surface area (TPSA) is 20.3 Å². The lowest BCUT2D eigenvalue weighted by atomic mass is 9.86. The lowest BCUT2D eigenvalue weighted by Crippen LogP contribution is -2.37. The standard InChI is InChI=1S/C14H17F2NO/c1-17-8-6-13(7-9-17)14(15,16)12-4-2-11(10-18)3-5-12/h2-5,10,13H,6-9H2,1H3. The Morgan fingerprint density at radius 2 is 1.78 bits per heavy atom. The van der Waals surface area contributed by atoms with Crippen LogP contribution in [0.25, 0.3) is 0 Å². The van der Waals surface area contributed by atoms with Gasteiger partial charge < -0.3 is 4.90 Å². The van der Waals surface area contributed by atoms with Gasteiger partial charge in [-0.2, -0.15) is 0 Å². The molecule has 1 aliphatic heterocycles. The Morgan fingerprint density at radius 3 is 2.28 bits per heavy atom. The Balaban J connectivity index is 2.15. The van der Waals surface area contributed by atoms with E-state index in [0.717, 1.165) is 0 Å². The second-order valence-electron chi connectivity index (χ2n) is 4.94. The number of halogens is 2. The van der Waals surface area contributed by atoms with Crippen LogP contribution in [-0.2, 0) is 5.92 Å². The highest BCUT2D eigenvalue weighted by Gasteiger charge is 2.42. The molecule has 0 spiro atoms. The van der Waals surface area contributed by atoms with Crippen LogP contribution < -0.4 is 0 Å². The average molecular weight is 253 g/mol. The number of alkyl halides is 2. The minimum atomic E-state index is -2.80. The second-order valence-corrected chi connectivity index (χ2v) is 4.94. The van der Waals surface area contributed by atoms with Crippen LogP contribution >= 0.6 is 0 Å². The lowest BCUT2D eigenvalue weighted by Gasteiger charge is -2.34. The summed E-state index contributed by atoms with van der Waals surface area (Å²) in [5.74, 6) is -3.40. The average Bonchev–Trinajstić information content (AvgIpc) is 2.39. The van der Waals surface area contributed by atoms with E-state index in [4.69, 9.17) is 0 Å². The van der Waals surface area contributed by atoms with Gasteiger partial charge in [0.2, 0.25) is 0 Å². The molecule has 1 aromatic carbocycles. The molecule has 0 radical (unpaired) electrons. The molecule has 0 unspecified atom stereocenters. The Labute approximate surface area is 106 Å². The van der Waals surface area contributed by atoms with E-state index in [0.29, 0.717) is 37.8 Å². The lowest BCUT2D eigenvalue weighted by molar-refractivity contribution is -0.0837. The van der Waals surface area contributed by atoms with Crippen molar-refractivity contribution in [1.82, 2.24) is 4.90 Å². The van der Waals surface area contributed by atoms with Crippen LogP contribution in [0.1, 0.15) is 28.8 Å². The molecular formula is C14H17F2NO. The van der Waals surface area contributed by atoms with Crippen molar-refractivity contribution in [1.29, 1.82) is 0 Å². The molecule has 1 heterocycles. The van der Waals surface area contributed by atoms with Crippen LogP contribution in [0.4, 0.5) is 8.78 Å². The summed E-state index contributed by atoms with van der Waals surface area (Å²) in [4.78, 5) is 12.6. The Hall–Kier alpha value is -1.29. The van der Waals surface area contributed by atoms with E-state index in [1.54, 1.807) is 0 Å². The maximum absolute atomic E-state index is 14.3. The summed E-state index contributed by atoms with van der Waals surface area (Å²) in [5.41, 5.74) is 0.445. The molecule has 0 N–H and O–H groups in total. The molecular weight excluding hydrogens is 236 g/mol. The van der Waals surface area contributed by atoms with E-state index < -0.39 is 11.8 Å². The van der Waals surface area contributed by atoms with Crippen molar-refractivity contribution >= 4 is 6.29 Å². The smallest absolute Gasteiger partial charge is 0.276 e. The van der Waals surface area contributed by atoms with Gasteiger partial charge in [0.05, 0.1) is 0 Å². The monoisotopic (exact) mass is 253 g/mol. The molecule has 0 bridgehead atoms. The van der Waals surface area contributed by atoms with Crippen molar-refractivity contribution in [2.45, 2.75) is 18.8 Å². The first-order chi connectivity index (χ1) is 8.54. The molecule has 4 heteroatoms. The third-order valence-electron chi connectivity index (χ3n) is 3.66. The maximum Gasteiger partial charge on any atom is 0.276 e. The van der Waals surface area contributed by atoms with Crippen LogP contribution in [0.2, 0.25) is 0 Å². The van der Waals surface area contributed by atoms with Crippen molar-refractivity contribution in [3.63, 3.8) is 0 Å². The third-order valence-corrected chi connectivity index (χ3v) is 3.66. The molecule has 0 atom stereocenters. The molecule has 98 valence electrons. The molecule has 1 saturated heterocycles. The number of rotatable bonds is 3. The summed E-state index contributed by atoms with van der Waals surface area (Å²) in [6.45, 7) is 1.43. The fourth-order valence-corrected chi connectivity index (χ4v) is 2.39. The van der Waals surface area contributed by atoms with E-state index >= 15 is 0 Å². The zero-order valence-corrected chi connectivity index (χ0v) is 10.4. The van der Waals surface area contributed by atoms with Crippen LogP contribution in [0.5, 0.6) is 0 Å². The quantitative estimate of drug-likeness (QED) is 0.772. The number of carbonyl (C=O) groups is 1. The van der Waals surface area contributed by atoms with E-state index in [-0.39, 0.29) is 5.56 Å². The molecule has 0 aromatic heterocycles. The molecule has 2 nitrogen and oxygen atoms in total. The Kier molecular flexibility index (Phi) is 3.76. The normalized spacial score (nSPS) is 18.8. The van der Waals surface area contributed by atoms with E-state index in [1.807, 2.05) is 7.05 Å². The fraction of sp³-hybridized carbons (Fsp3) is 0.500. The molecule has 0 aliphatic carbocycles. The molecule has 1 fully saturated rings. The first-order valence-corrected chi connectivity index (χ1v) is 6.16. The van der Waals surface area contributed by atoms with Crippen LogP contribution in [-0.4, -0.2) is 31.3 Å². The summed E-state index contributed by atoms with van der Waals surface area (Å²) in [6, 6.07) is 5.63. The first-order valence-electron chi connectivity index (χ1n) is 6.16. The van der Waals surface area contributed by atoms with Crippen LogP contribution in [0.15, 0.2) is 24.3 Å². The number of hydrogen-bond donors (Lipinski definition) is 0. The van der Waals surface area contributed by atoms with Gasteiger partial charge >= 0.3 is 0 Å². The highest BCUT2D eigenvalue weighted by molar-refractivity contribution is 5.74. The summed E-state index contributed by atoms with van der Waals surface area (Å²) >= 11 is 0. The maximum atomic E-state index is 14.3. The van der Waals surface area contributed by atoms with Gasteiger partial charge in [0.15, 0.2) is 0 Å². The Bertz CT molecular complexity index is 408. The third kappa shape index (κ3) is 2.58. The number of nitrogens with zero attached hydrogens (tertiary/aromatic N) is 1. The van der Waals surface area contributed by atoms with Gasteiger partial charge in [0.25, 0.3) is 5.92 Å². The Morgan fingerprint density at radius 1 is 1.22 bits per heavy atom. The summed E-state index contributed by atoms with van der Waals surface area (Å²) < 4.78 is 28.6. The molecule has 1 aromatic rings. The number of carbonyl (C=O) groups excluding carboxylic acids is 1.